The summed E-state index contributed by atoms with van der Waals surface area (Å²) in [5, 5.41) is 6.51. The number of amides is 1. The van der Waals surface area contributed by atoms with Gasteiger partial charge in [-0.25, -0.2) is 5.06 Å². The number of thiophene rings is 1. The molecule has 1 aromatic carbocycles. The van der Waals surface area contributed by atoms with Gasteiger partial charge in [0.15, 0.2) is 0 Å². The van der Waals surface area contributed by atoms with Crippen molar-refractivity contribution in [2.75, 3.05) is 26.5 Å². The van der Waals surface area contributed by atoms with Gasteiger partial charge in [0.2, 0.25) is 0 Å². The summed E-state index contributed by atoms with van der Waals surface area (Å²) in [6, 6.07) is 9.51. The summed E-state index contributed by atoms with van der Waals surface area (Å²) < 4.78 is 0. The molecule has 8 nitrogen and oxygen atoms in total. The van der Waals surface area contributed by atoms with E-state index in [-0.39, 0.29) is 24.0 Å². The molecular formula is C26H30N4O4S. The highest BCUT2D eigenvalue weighted by atomic mass is 32.1. The molecule has 1 amide bonds. The van der Waals surface area contributed by atoms with E-state index < -0.39 is 5.92 Å². The summed E-state index contributed by atoms with van der Waals surface area (Å²) in [5.41, 5.74) is 3.24. The van der Waals surface area contributed by atoms with Crippen molar-refractivity contribution < 1.29 is 19.2 Å². The first kappa shape index (κ1) is 25.0. The lowest BCUT2D eigenvalue weighted by Crippen LogP contribution is -2.50. The number of aromatic nitrogens is 1. The summed E-state index contributed by atoms with van der Waals surface area (Å²) in [6.07, 6.45) is 3.80. The zero-order chi connectivity index (χ0) is 25.3. The lowest BCUT2D eigenvalue weighted by atomic mass is 9.87. The molecule has 3 aromatic rings. The van der Waals surface area contributed by atoms with Crippen molar-refractivity contribution in [2.24, 2.45) is 11.8 Å². The quantitative estimate of drug-likeness (QED) is 0.375. The first-order chi connectivity index (χ1) is 16.8. The van der Waals surface area contributed by atoms with E-state index >= 15 is 0 Å². The van der Waals surface area contributed by atoms with E-state index in [4.69, 9.17) is 4.84 Å². The van der Waals surface area contributed by atoms with Crippen LogP contribution in [0.5, 0.6) is 0 Å². The Bertz CT molecular complexity index is 1250. The molecule has 0 aliphatic carbocycles. The molecule has 2 aromatic heterocycles. The van der Waals surface area contributed by atoms with Crippen LogP contribution in [0.3, 0.4) is 0 Å². The van der Waals surface area contributed by atoms with Crippen LogP contribution in [0.4, 0.5) is 5.00 Å². The van der Waals surface area contributed by atoms with Crippen LogP contribution in [-0.2, 0) is 20.8 Å². The zero-order valence-electron chi connectivity index (χ0n) is 20.5. The van der Waals surface area contributed by atoms with Crippen LogP contribution in [0.15, 0.2) is 36.5 Å². The molecule has 4 unspecified atom stereocenters. The number of benzene rings is 1. The van der Waals surface area contributed by atoms with E-state index in [0.29, 0.717) is 12.0 Å². The van der Waals surface area contributed by atoms with Crippen LogP contribution in [0.1, 0.15) is 46.3 Å². The number of carbonyl (C=O) groups excluding carboxylic acids is 3. The number of hydroxylamine groups is 2. The molecule has 4 atom stereocenters. The van der Waals surface area contributed by atoms with Crippen molar-refractivity contribution in [3.05, 3.63) is 58.1 Å². The third-order valence-electron chi connectivity index (χ3n) is 6.76. The molecule has 1 aliphatic heterocycles. The highest BCUT2D eigenvalue weighted by Gasteiger charge is 2.42. The molecular weight excluding hydrogens is 464 g/mol. The van der Waals surface area contributed by atoms with Crippen LogP contribution in [0.25, 0.3) is 10.9 Å². The second kappa shape index (κ2) is 10.2. The van der Waals surface area contributed by atoms with E-state index in [1.807, 2.05) is 56.1 Å². The summed E-state index contributed by atoms with van der Waals surface area (Å²) in [6.45, 7) is 3.69. The van der Waals surface area contributed by atoms with E-state index in [9.17, 15) is 14.4 Å². The predicted molar refractivity (Wildman–Crippen MR) is 136 cm³/mol. The Morgan fingerprint density at radius 2 is 1.94 bits per heavy atom. The molecule has 0 spiro atoms. The van der Waals surface area contributed by atoms with Crippen LogP contribution >= 0.6 is 11.3 Å². The first-order valence-electron chi connectivity index (χ1n) is 11.5. The van der Waals surface area contributed by atoms with E-state index in [1.54, 1.807) is 13.2 Å². The summed E-state index contributed by atoms with van der Waals surface area (Å²) in [5.74, 6) is -0.991. The van der Waals surface area contributed by atoms with Crippen molar-refractivity contribution in [1.29, 1.82) is 0 Å². The highest BCUT2D eigenvalue weighted by Crippen LogP contribution is 2.48. The molecule has 35 heavy (non-hydrogen) atoms. The Labute approximate surface area is 208 Å². The van der Waals surface area contributed by atoms with Gasteiger partial charge in [-0.15, -0.1) is 11.3 Å². The number of carbonyl (C=O) groups is 3. The minimum absolute atomic E-state index is 0.279. The van der Waals surface area contributed by atoms with Crippen LogP contribution < -0.4 is 5.32 Å². The number of nitrogens with zero attached hydrogens (tertiary/aromatic N) is 3. The average Bonchev–Trinajstić information content (AvgIpc) is 3.23. The molecule has 4 rings (SSSR count). The highest BCUT2D eigenvalue weighted by molar-refractivity contribution is 7.16. The first-order valence-corrected chi connectivity index (χ1v) is 12.3. The molecule has 9 heteroatoms. The topological polar surface area (TPSA) is 91.8 Å². The van der Waals surface area contributed by atoms with Gasteiger partial charge in [0.1, 0.15) is 12.6 Å². The van der Waals surface area contributed by atoms with Crippen molar-refractivity contribution in [3.63, 3.8) is 0 Å². The van der Waals surface area contributed by atoms with Gasteiger partial charge in [0, 0.05) is 53.4 Å². The lowest BCUT2D eigenvalue weighted by Gasteiger charge is -2.43. The number of rotatable bonds is 8. The maximum Gasteiger partial charge on any atom is 0.278 e. The van der Waals surface area contributed by atoms with Crippen molar-refractivity contribution in [3.8, 4) is 0 Å². The number of fused-ring (bicyclic) bond motifs is 2. The molecule has 0 saturated heterocycles. The number of hydrogen-bond acceptors (Lipinski definition) is 8. The maximum atomic E-state index is 13.6. The van der Waals surface area contributed by atoms with Gasteiger partial charge in [0.25, 0.3) is 5.91 Å². The zero-order valence-corrected chi connectivity index (χ0v) is 21.3. The molecule has 0 saturated carbocycles. The van der Waals surface area contributed by atoms with E-state index in [1.165, 1.54) is 23.5 Å². The minimum atomic E-state index is -0.397. The van der Waals surface area contributed by atoms with E-state index in [0.717, 1.165) is 44.5 Å². The second-order valence-electron chi connectivity index (χ2n) is 8.98. The SMILES string of the molecule is CON(C)C(=O)c1c(Cc2ccnc3ccccc23)sc2c1C(C(C)C=O)N(C)C(C(C)C=O)N2. The van der Waals surface area contributed by atoms with Crippen LogP contribution in [0, 0.1) is 11.8 Å². The van der Waals surface area contributed by atoms with Crippen LogP contribution in [-0.4, -0.2) is 60.8 Å². The van der Waals surface area contributed by atoms with Crippen molar-refractivity contribution in [2.45, 2.75) is 32.5 Å². The number of aldehydes is 2. The molecule has 0 bridgehead atoms. The van der Waals surface area contributed by atoms with Gasteiger partial charge < -0.3 is 14.9 Å². The van der Waals surface area contributed by atoms with Gasteiger partial charge in [-0.1, -0.05) is 32.0 Å². The second-order valence-corrected chi connectivity index (χ2v) is 10.1. The molecule has 0 fully saturated rings. The summed E-state index contributed by atoms with van der Waals surface area (Å²) in [7, 11) is 4.91. The fraction of sp³-hybridized carbons (Fsp3) is 0.385. The number of hydrogen-bond donors (Lipinski definition) is 1. The number of para-hydroxylation sites is 1. The third kappa shape index (κ3) is 4.47. The summed E-state index contributed by atoms with van der Waals surface area (Å²) in [4.78, 5) is 49.8. The predicted octanol–water partition coefficient (Wildman–Crippen LogP) is 3.92. The normalized spacial score (nSPS) is 19.5. The Hall–Kier alpha value is -3.14. The molecule has 0 radical (unpaired) electrons. The number of pyridine rings is 1. The van der Waals surface area contributed by atoms with E-state index in [2.05, 4.69) is 10.3 Å². The summed E-state index contributed by atoms with van der Waals surface area (Å²) >= 11 is 1.49. The van der Waals surface area contributed by atoms with Gasteiger partial charge >= 0.3 is 0 Å². The lowest BCUT2D eigenvalue weighted by molar-refractivity contribution is -0.114. The van der Waals surface area contributed by atoms with Gasteiger partial charge in [-0.05, 0) is 24.7 Å². The Balaban J connectivity index is 1.92. The maximum absolute atomic E-state index is 13.6. The molecule has 1 N–H and O–H groups in total. The standard InChI is InChI=1S/C26H30N4O4S/c1-15(13-31)23-22-21(26(33)30(4)34-5)20(35-25(22)28-24(29(23)3)16(2)14-32)12-17-10-11-27-19-9-7-6-8-18(17)19/h6-11,13-16,23-24,28H,12H2,1-5H3. The fourth-order valence-corrected chi connectivity index (χ4v) is 6.15. The monoisotopic (exact) mass is 494 g/mol. The minimum Gasteiger partial charge on any atom is -0.360 e. The Morgan fingerprint density at radius 1 is 1.23 bits per heavy atom. The number of nitrogens with one attached hydrogen (secondary N) is 1. The number of anilines is 1. The molecule has 184 valence electrons. The van der Waals surface area contributed by atoms with Crippen molar-refractivity contribution >= 4 is 45.7 Å². The third-order valence-corrected chi connectivity index (χ3v) is 7.90. The van der Waals surface area contributed by atoms with Crippen molar-refractivity contribution in [1.82, 2.24) is 14.9 Å². The Morgan fingerprint density at radius 3 is 2.63 bits per heavy atom. The van der Waals surface area contributed by atoms with Gasteiger partial charge in [-0.2, -0.15) is 0 Å². The van der Waals surface area contributed by atoms with Gasteiger partial charge in [-0.3, -0.25) is 19.5 Å². The average molecular weight is 495 g/mol. The van der Waals surface area contributed by atoms with Gasteiger partial charge in [0.05, 0.1) is 29.4 Å². The fourth-order valence-electron chi connectivity index (χ4n) is 4.86. The van der Waals surface area contributed by atoms with Crippen LogP contribution in [0.2, 0.25) is 0 Å². The largest absolute Gasteiger partial charge is 0.360 e. The smallest absolute Gasteiger partial charge is 0.278 e. The molecule has 1 aliphatic rings. The Kier molecular flexibility index (Phi) is 7.30. The molecule has 3 heterocycles.